The summed E-state index contributed by atoms with van der Waals surface area (Å²) >= 11 is 0. The van der Waals surface area contributed by atoms with E-state index >= 15 is 0 Å². The second-order valence-corrected chi connectivity index (χ2v) is 7.42. The highest BCUT2D eigenvalue weighted by molar-refractivity contribution is 5.79. The number of hydrogen-bond donors (Lipinski definition) is 2. The maximum Gasteiger partial charge on any atom is 0.191 e. The van der Waals surface area contributed by atoms with Crippen LogP contribution in [-0.2, 0) is 20.6 Å². The summed E-state index contributed by atoms with van der Waals surface area (Å²) in [6.45, 7) is 5.48. The molecule has 2 fully saturated rings. The Labute approximate surface area is 168 Å². The van der Waals surface area contributed by atoms with Crippen molar-refractivity contribution in [2.45, 2.75) is 57.2 Å². The largest absolute Gasteiger partial charge is 0.469 e. The highest BCUT2D eigenvalue weighted by atomic mass is 16.5. The quantitative estimate of drug-likeness (QED) is 0.342. The van der Waals surface area contributed by atoms with Gasteiger partial charge in [0.1, 0.15) is 5.76 Å². The average Bonchev–Trinajstić information content (AvgIpc) is 3.43. The van der Waals surface area contributed by atoms with E-state index in [1.54, 1.807) is 6.26 Å². The Bertz CT molecular complexity index is 538. The van der Waals surface area contributed by atoms with E-state index in [-0.39, 0.29) is 6.10 Å². The first-order valence-electron chi connectivity index (χ1n) is 10.8. The fraction of sp³-hybridized carbons (Fsp3) is 0.762. The summed E-state index contributed by atoms with van der Waals surface area (Å²) in [5.74, 6) is 1.81. The molecule has 2 N–H and O–H groups in total. The molecule has 0 amide bonds. The van der Waals surface area contributed by atoms with Gasteiger partial charge in [0.05, 0.1) is 31.6 Å². The molecule has 0 aliphatic carbocycles. The first-order chi connectivity index (χ1) is 13.9. The van der Waals surface area contributed by atoms with Gasteiger partial charge in [-0.25, -0.2) is 0 Å². The summed E-state index contributed by atoms with van der Waals surface area (Å²) in [5.41, 5.74) is 0. The molecule has 2 saturated heterocycles. The number of ether oxygens (including phenoxy) is 3. The van der Waals surface area contributed by atoms with Crippen molar-refractivity contribution in [1.82, 2.24) is 10.6 Å². The predicted molar refractivity (Wildman–Crippen MR) is 109 cm³/mol. The van der Waals surface area contributed by atoms with Crippen LogP contribution in [0.4, 0.5) is 0 Å². The van der Waals surface area contributed by atoms with E-state index in [2.05, 4.69) is 10.6 Å². The number of nitrogens with one attached hydrogen (secondary N) is 2. The summed E-state index contributed by atoms with van der Waals surface area (Å²) in [7, 11) is 0. The zero-order valence-corrected chi connectivity index (χ0v) is 16.9. The lowest BCUT2D eigenvalue weighted by Crippen LogP contribution is -2.40. The molecule has 158 valence electrons. The fourth-order valence-electron chi connectivity index (χ4n) is 3.45. The molecular formula is C21H35N3O4. The Hall–Kier alpha value is -1.57. The number of furan rings is 1. The number of rotatable bonds is 11. The maximum atomic E-state index is 5.79. The van der Waals surface area contributed by atoms with E-state index < -0.39 is 0 Å². The second kappa shape index (κ2) is 12.8. The Morgan fingerprint density at radius 3 is 2.71 bits per heavy atom. The SMILES string of the molecule is c1coc(CCNC(=NCC2CCCCO2)NCCCOCC2CCCO2)c1. The predicted octanol–water partition coefficient (Wildman–Crippen LogP) is 2.51. The van der Waals surface area contributed by atoms with Crippen LogP contribution in [-0.4, -0.2) is 64.2 Å². The van der Waals surface area contributed by atoms with Crippen molar-refractivity contribution in [1.29, 1.82) is 0 Å². The van der Waals surface area contributed by atoms with E-state index in [1.807, 2.05) is 12.1 Å². The van der Waals surface area contributed by atoms with Crippen molar-refractivity contribution in [2.24, 2.45) is 4.99 Å². The highest BCUT2D eigenvalue weighted by Gasteiger charge is 2.15. The normalized spacial score (nSPS) is 23.1. The third kappa shape index (κ3) is 8.20. The monoisotopic (exact) mass is 393 g/mol. The molecule has 0 saturated carbocycles. The highest BCUT2D eigenvalue weighted by Crippen LogP contribution is 2.13. The van der Waals surface area contributed by atoms with Crippen molar-refractivity contribution in [2.75, 3.05) is 46.1 Å². The van der Waals surface area contributed by atoms with Crippen molar-refractivity contribution < 1.29 is 18.6 Å². The van der Waals surface area contributed by atoms with E-state index in [1.165, 1.54) is 12.8 Å². The molecular weight excluding hydrogens is 358 g/mol. The van der Waals surface area contributed by atoms with Crippen LogP contribution in [0.15, 0.2) is 27.8 Å². The smallest absolute Gasteiger partial charge is 0.191 e. The lowest BCUT2D eigenvalue weighted by atomic mass is 10.1. The van der Waals surface area contributed by atoms with Crippen molar-refractivity contribution >= 4 is 5.96 Å². The molecule has 3 heterocycles. The first-order valence-corrected chi connectivity index (χ1v) is 10.8. The second-order valence-electron chi connectivity index (χ2n) is 7.42. The number of aliphatic imine (C=N–C) groups is 1. The molecule has 1 aromatic rings. The maximum absolute atomic E-state index is 5.79. The zero-order valence-electron chi connectivity index (χ0n) is 16.9. The Morgan fingerprint density at radius 2 is 1.93 bits per heavy atom. The van der Waals surface area contributed by atoms with Crippen LogP contribution in [0, 0.1) is 0 Å². The molecule has 1 aromatic heterocycles. The van der Waals surface area contributed by atoms with Crippen LogP contribution in [0.5, 0.6) is 0 Å². The molecule has 0 spiro atoms. The van der Waals surface area contributed by atoms with Gasteiger partial charge >= 0.3 is 0 Å². The minimum atomic E-state index is 0.243. The van der Waals surface area contributed by atoms with Gasteiger partial charge < -0.3 is 29.3 Å². The third-order valence-corrected chi connectivity index (χ3v) is 5.06. The number of guanidine groups is 1. The number of nitrogens with zero attached hydrogens (tertiary/aromatic N) is 1. The topological polar surface area (TPSA) is 77.3 Å². The van der Waals surface area contributed by atoms with Gasteiger partial charge in [0.15, 0.2) is 5.96 Å². The van der Waals surface area contributed by atoms with Crippen LogP contribution in [0.25, 0.3) is 0 Å². The van der Waals surface area contributed by atoms with Gasteiger partial charge in [-0.05, 0) is 50.7 Å². The Morgan fingerprint density at radius 1 is 1.07 bits per heavy atom. The summed E-state index contributed by atoms with van der Waals surface area (Å²) in [5, 5.41) is 6.81. The van der Waals surface area contributed by atoms with Gasteiger partial charge in [0.25, 0.3) is 0 Å². The van der Waals surface area contributed by atoms with Crippen molar-refractivity contribution in [3.8, 4) is 0 Å². The van der Waals surface area contributed by atoms with Gasteiger partial charge in [-0.3, -0.25) is 4.99 Å². The van der Waals surface area contributed by atoms with Crippen LogP contribution in [0.2, 0.25) is 0 Å². The molecule has 2 aliphatic heterocycles. The van der Waals surface area contributed by atoms with Gasteiger partial charge in [-0.1, -0.05) is 0 Å². The van der Waals surface area contributed by atoms with Crippen LogP contribution < -0.4 is 10.6 Å². The minimum absolute atomic E-state index is 0.243. The van der Waals surface area contributed by atoms with E-state index in [0.717, 1.165) is 76.7 Å². The molecule has 2 atom stereocenters. The number of hydrogen-bond acceptors (Lipinski definition) is 5. The van der Waals surface area contributed by atoms with E-state index in [9.17, 15) is 0 Å². The molecule has 7 nitrogen and oxygen atoms in total. The van der Waals surface area contributed by atoms with Crippen LogP contribution in [0.3, 0.4) is 0 Å². The fourth-order valence-corrected chi connectivity index (χ4v) is 3.45. The molecule has 0 aromatic carbocycles. The van der Waals surface area contributed by atoms with Crippen molar-refractivity contribution in [3.63, 3.8) is 0 Å². The van der Waals surface area contributed by atoms with Crippen molar-refractivity contribution in [3.05, 3.63) is 24.2 Å². The van der Waals surface area contributed by atoms with Crippen LogP contribution >= 0.6 is 0 Å². The summed E-state index contributed by atoms with van der Waals surface area (Å²) in [4.78, 5) is 4.73. The molecule has 7 heteroatoms. The molecule has 3 rings (SSSR count). The van der Waals surface area contributed by atoms with Gasteiger partial charge in [-0.2, -0.15) is 0 Å². The third-order valence-electron chi connectivity index (χ3n) is 5.06. The Kier molecular flexibility index (Phi) is 9.67. The van der Waals surface area contributed by atoms with E-state index in [0.29, 0.717) is 19.3 Å². The average molecular weight is 394 g/mol. The molecule has 28 heavy (non-hydrogen) atoms. The summed E-state index contributed by atoms with van der Waals surface area (Å²) < 4.78 is 22.5. The molecule has 0 bridgehead atoms. The van der Waals surface area contributed by atoms with Gasteiger partial charge in [0, 0.05) is 39.3 Å². The molecule has 2 aliphatic rings. The summed E-state index contributed by atoms with van der Waals surface area (Å²) in [6, 6.07) is 3.91. The molecule has 0 radical (unpaired) electrons. The van der Waals surface area contributed by atoms with Gasteiger partial charge in [-0.15, -0.1) is 0 Å². The van der Waals surface area contributed by atoms with E-state index in [4.69, 9.17) is 23.6 Å². The summed E-state index contributed by atoms with van der Waals surface area (Å²) in [6.07, 6.45) is 9.79. The first kappa shape index (κ1) is 21.1. The lowest BCUT2D eigenvalue weighted by molar-refractivity contribution is 0.0168. The Balaban J connectivity index is 1.33. The van der Waals surface area contributed by atoms with Gasteiger partial charge in [0.2, 0.25) is 0 Å². The molecule has 2 unspecified atom stereocenters. The lowest BCUT2D eigenvalue weighted by Gasteiger charge is -2.21. The zero-order chi connectivity index (χ0) is 19.3. The minimum Gasteiger partial charge on any atom is -0.469 e. The van der Waals surface area contributed by atoms with Crippen LogP contribution in [0.1, 0.15) is 44.3 Å². The standard InChI is InChI=1S/C21H35N3O4/c1-2-13-27-19(6-1)16-24-21(23-11-9-18-7-3-14-26-18)22-10-5-12-25-17-20-8-4-15-28-20/h3,7,14,19-20H,1-2,4-6,8-13,15-17H2,(H2,22,23,24).